The van der Waals surface area contributed by atoms with Crippen LogP contribution in [-0.2, 0) is 4.57 Å². The van der Waals surface area contributed by atoms with Gasteiger partial charge in [0.1, 0.15) is 0 Å². The van der Waals surface area contributed by atoms with Crippen molar-refractivity contribution in [2.45, 2.75) is 10.6 Å². The molecule has 20 heavy (non-hydrogen) atoms. The van der Waals surface area contributed by atoms with E-state index in [-0.39, 0.29) is 19.7 Å². The molecule has 1 aromatic rings. The number of aliphatic hydroxyl groups excluding tert-OH is 1. The summed E-state index contributed by atoms with van der Waals surface area (Å²) in [5.74, 6) is 0. The Morgan fingerprint density at radius 3 is 2.65 bits per heavy atom. The number of aromatic amines is 1. The summed E-state index contributed by atoms with van der Waals surface area (Å²) in [6.07, 6.45) is 1.27. The van der Waals surface area contributed by atoms with E-state index in [4.69, 9.17) is 0 Å². The summed E-state index contributed by atoms with van der Waals surface area (Å²) in [6.45, 7) is -0.298. The third-order valence-corrected chi connectivity index (χ3v) is 5.30. The van der Waals surface area contributed by atoms with Gasteiger partial charge in [0.25, 0.3) is 5.56 Å². The lowest BCUT2D eigenvalue weighted by Gasteiger charge is -2.36. The smallest absolute Gasteiger partial charge is 0.395 e. The van der Waals surface area contributed by atoms with E-state index in [1.54, 1.807) is 0 Å². The average Bonchev–Trinajstić information content (AvgIpc) is 2.37. The van der Waals surface area contributed by atoms with E-state index in [2.05, 4.69) is 4.98 Å². The second-order valence-electron chi connectivity index (χ2n) is 4.30. The van der Waals surface area contributed by atoms with Gasteiger partial charge in [-0.1, -0.05) is 0 Å². The first-order valence-corrected chi connectivity index (χ1v) is 8.21. The Labute approximate surface area is 117 Å². The molecule has 1 aliphatic heterocycles. The molecule has 0 bridgehead atoms. The molecule has 0 radical (unpaired) electrons. The summed E-state index contributed by atoms with van der Waals surface area (Å²) in [7, 11) is -4.45. The number of aromatic nitrogens is 2. The predicted molar refractivity (Wildman–Crippen MR) is 72.4 cm³/mol. The zero-order chi connectivity index (χ0) is 14.9. The Balaban J connectivity index is 2.33. The molecule has 9 nitrogen and oxygen atoms in total. The Bertz CT molecular complexity index is 639. The number of nitrogens with zero attached hydrogens (tertiary/aromatic N) is 2. The monoisotopic (exact) mass is 323 g/mol. The Morgan fingerprint density at radius 2 is 2.10 bits per heavy atom. The van der Waals surface area contributed by atoms with Crippen LogP contribution in [0.1, 0.15) is 5.37 Å². The average molecular weight is 323 g/mol. The Hall–Kier alpha value is -0.900. The van der Waals surface area contributed by atoms with Crippen LogP contribution in [0, 0.1) is 0 Å². The second-order valence-corrected chi connectivity index (χ2v) is 7.37. The standard InChI is InChI=1S/C9H14N3O6PS/c13-5-6-3-11(19(16,17)18)4-8(20-6)12-2-1-7(14)10-9(12)15/h1-2,6,8,13H,3-5H2,(H,10,14,15)(H2,16,17,18). The van der Waals surface area contributed by atoms with Crippen LogP contribution in [-0.4, -0.2) is 54.1 Å². The number of aliphatic hydroxyl groups is 1. The number of hydrogen-bond acceptors (Lipinski definition) is 5. The molecule has 0 aromatic carbocycles. The molecular formula is C9H14N3O6PS. The summed E-state index contributed by atoms with van der Waals surface area (Å²) < 4.78 is 13.5. The lowest BCUT2D eigenvalue weighted by atomic mass is 10.4. The minimum atomic E-state index is -4.45. The topological polar surface area (TPSA) is 136 Å². The molecule has 0 spiro atoms. The van der Waals surface area contributed by atoms with Crippen molar-refractivity contribution >= 4 is 19.5 Å². The number of hydrogen-bond donors (Lipinski definition) is 4. The van der Waals surface area contributed by atoms with Crippen molar-refractivity contribution < 1.29 is 19.5 Å². The van der Waals surface area contributed by atoms with Crippen LogP contribution in [0.5, 0.6) is 0 Å². The molecule has 1 fully saturated rings. The minimum absolute atomic E-state index is 0.0278. The molecule has 2 heterocycles. The maximum atomic E-state index is 11.7. The molecule has 2 atom stereocenters. The fourth-order valence-corrected chi connectivity index (χ4v) is 4.28. The summed E-state index contributed by atoms with van der Waals surface area (Å²) in [4.78, 5) is 43.3. The summed E-state index contributed by atoms with van der Waals surface area (Å²) in [6, 6.07) is 1.16. The molecule has 1 aromatic heterocycles. The van der Waals surface area contributed by atoms with E-state index in [0.29, 0.717) is 0 Å². The van der Waals surface area contributed by atoms with Crippen molar-refractivity contribution in [3.05, 3.63) is 33.1 Å². The number of rotatable bonds is 3. The molecule has 1 aliphatic rings. The Kier molecular flexibility index (Phi) is 4.52. The minimum Gasteiger partial charge on any atom is -0.395 e. The van der Waals surface area contributed by atoms with Gasteiger partial charge in [0.15, 0.2) is 0 Å². The predicted octanol–water partition coefficient (Wildman–Crippen LogP) is -1.46. The summed E-state index contributed by atoms with van der Waals surface area (Å²) in [5.41, 5.74) is -1.20. The van der Waals surface area contributed by atoms with Gasteiger partial charge in [0, 0.05) is 30.6 Å². The molecule has 0 saturated carbocycles. The van der Waals surface area contributed by atoms with Gasteiger partial charge in [-0.15, -0.1) is 11.8 Å². The third-order valence-electron chi connectivity index (χ3n) is 2.86. The number of thioether (sulfide) groups is 1. The van der Waals surface area contributed by atoms with Crippen molar-refractivity contribution in [3.8, 4) is 0 Å². The number of nitrogens with one attached hydrogen (secondary N) is 1. The molecule has 112 valence electrons. The van der Waals surface area contributed by atoms with Gasteiger partial charge in [-0.3, -0.25) is 14.3 Å². The lowest BCUT2D eigenvalue weighted by Crippen LogP contribution is -2.43. The lowest BCUT2D eigenvalue weighted by molar-refractivity contribution is 0.226. The van der Waals surface area contributed by atoms with Crippen LogP contribution in [0.4, 0.5) is 0 Å². The largest absolute Gasteiger partial charge is 0.403 e. The quantitative estimate of drug-likeness (QED) is 0.495. The van der Waals surface area contributed by atoms with E-state index in [1.807, 2.05) is 0 Å². The molecule has 11 heteroatoms. The first-order chi connectivity index (χ1) is 9.31. The molecule has 0 aliphatic carbocycles. The van der Waals surface area contributed by atoms with Gasteiger partial charge in [-0.2, -0.15) is 0 Å². The SMILES string of the molecule is O=c1ccn(C2CN(P(=O)(O)O)CC(CO)S2)c(=O)[nH]1. The van der Waals surface area contributed by atoms with E-state index in [1.165, 1.54) is 22.5 Å². The van der Waals surface area contributed by atoms with E-state index in [9.17, 15) is 29.0 Å². The van der Waals surface area contributed by atoms with Crippen LogP contribution in [0.2, 0.25) is 0 Å². The zero-order valence-corrected chi connectivity index (χ0v) is 12.0. The maximum absolute atomic E-state index is 11.7. The van der Waals surface area contributed by atoms with Gasteiger partial charge in [-0.05, 0) is 0 Å². The number of H-pyrrole nitrogens is 1. The summed E-state index contributed by atoms with van der Waals surface area (Å²) >= 11 is 1.23. The molecule has 0 amide bonds. The third kappa shape index (κ3) is 3.40. The van der Waals surface area contributed by atoms with E-state index < -0.39 is 29.6 Å². The first-order valence-electron chi connectivity index (χ1n) is 5.70. The highest BCUT2D eigenvalue weighted by Gasteiger charge is 2.37. The molecule has 4 N–H and O–H groups in total. The highest BCUT2D eigenvalue weighted by atomic mass is 32.2. The zero-order valence-electron chi connectivity index (χ0n) is 10.2. The first kappa shape index (κ1) is 15.5. The van der Waals surface area contributed by atoms with E-state index >= 15 is 0 Å². The molecule has 2 unspecified atom stereocenters. The van der Waals surface area contributed by atoms with Crippen LogP contribution >= 0.6 is 19.5 Å². The van der Waals surface area contributed by atoms with Gasteiger partial charge >= 0.3 is 13.4 Å². The molecular weight excluding hydrogens is 309 g/mol. The fraction of sp³-hybridized carbons (Fsp3) is 0.556. The molecule has 1 saturated heterocycles. The maximum Gasteiger partial charge on any atom is 0.403 e. The van der Waals surface area contributed by atoms with E-state index in [0.717, 1.165) is 10.7 Å². The highest BCUT2D eigenvalue weighted by molar-refractivity contribution is 8.00. The summed E-state index contributed by atoms with van der Waals surface area (Å²) in [5, 5.41) is 8.18. The van der Waals surface area contributed by atoms with Crippen molar-refractivity contribution in [3.63, 3.8) is 0 Å². The van der Waals surface area contributed by atoms with Gasteiger partial charge < -0.3 is 14.9 Å². The fourth-order valence-electron chi connectivity index (χ4n) is 1.92. The van der Waals surface area contributed by atoms with Gasteiger partial charge in [0.2, 0.25) is 0 Å². The van der Waals surface area contributed by atoms with Crippen molar-refractivity contribution in [2.24, 2.45) is 0 Å². The van der Waals surface area contributed by atoms with Crippen LogP contribution in [0.15, 0.2) is 21.9 Å². The van der Waals surface area contributed by atoms with Crippen LogP contribution in [0.3, 0.4) is 0 Å². The van der Waals surface area contributed by atoms with Crippen molar-refractivity contribution in [2.75, 3.05) is 19.7 Å². The van der Waals surface area contributed by atoms with Gasteiger partial charge in [-0.25, -0.2) is 14.0 Å². The normalized spacial score (nSPS) is 24.8. The Morgan fingerprint density at radius 1 is 1.40 bits per heavy atom. The van der Waals surface area contributed by atoms with Crippen LogP contribution < -0.4 is 11.2 Å². The highest BCUT2D eigenvalue weighted by Crippen LogP contribution is 2.46. The molecule has 2 rings (SSSR count). The van der Waals surface area contributed by atoms with Crippen LogP contribution in [0.25, 0.3) is 0 Å². The second kappa shape index (κ2) is 5.84. The van der Waals surface area contributed by atoms with Crippen molar-refractivity contribution in [1.82, 2.24) is 14.2 Å². The van der Waals surface area contributed by atoms with Crippen molar-refractivity contribution in [1.29, 1.82) is 0 Å². The van der Waals surface area contributed by atoms with Gasteiger partial charge in [0.05, 0.1) is 12.0 Å².